The first-order valence-corrected chi connectivity index (χ1v) is 8.23. The summed E-state index contributed by atoms with van der Waals surface area (Å²) in [6.07, 6.45) is -5.02. The van der Waals surface area contributed by atoms with Crippen molar-refractivity contribution in [3.05, 3.63) is 0 Å². The Bertz CT molecular complexity index is 431. The van der Waals surface area contributed by atoms with Gasteiger partial charge in [0.25, 0.3) is 0 Å². The van der Waals surface area contributed by atoms with Gasteiger partial charge in [0.1, 0.15) is 0 Å². The summed E-state index contributed by atoms with van der Waals surface area (Å²) in [6.45, 7) is 1.97. The summed E-state index contributed by atoms with van der Waals surface area (Å²) < 4.78 is 49.1. The molecule has 19 heavy (non-hydrogen) atoms. The van der Waals surface area contributed by atoms with Gasteiger partial charge in [-0.05, 0) is 19.8 Å². The lowest BCUT2D eigenvalue weighted by molar-refractivity contribution is -0.187. The van der Waals surface area contributed by atoms with Crippen LogP contribution in [-0.4, -0.2) is 60.1 Å². The van der Waals surface area contributed by atoms with Gasteiger partial charge in [0.15, 0.2) is 0 Å². The lowest BCUT2D eigenvalue weighted by Crippen LogP contribution is -2.52. The van der Waals surface area contributed by atoms with E-state index < -0.39 is 43.3 Å². The molecule has 1 rings (SSSR count). The standard InChI is InChI=1S/C10H15F3NO4P/c1-19(2,18)7-3-6(8(15)16)4-14(5-7)9(17)10(11,12)13/h6-7H,3-5H2,1-2H3,(H,15,16). The Morgan fingerprint density at radius 3 is 2.16 bits per heavy atom. The minimum absolute atomic E-state index is 0.0290. The Morgan fingerprint density at radius 2 is 1.79 bits per heavy atom. The van der Waals surface area contributed by atoms with E-state index >= 15 is 0 Å². The minimum Gasteiger partial charge on any atom is -0.481 e. The number of carbonyl (C=O) groups is 2. The number of carbonyl (C=O) groups excluding carboxylic acids is 1. The molecule has 0 aliphatic carbocycles. The Hall–Kier alpha value is -1.04. The van der Waals surface area contributed by atoms with Crippen molar-refractivity contribution < 1.29 is 32.4 Å². The molecule has 1 N–H and O–H groups in total. The quantitative estimate of drug-likeness (QED) is 0.784. The molecule has 1 aliphatic rings. The first-order valence-electron chi connectivity index (χ1n) is 5.56. The molecule has 0 saturated carbocycles. The van der Waals surface area contributed by atoms with E-state index in [9.17, 15) is 27.3 Å². The van der Waals surface area contributed by atoms with Crippen LogP contribution in [0.25, 0.3) is 0 Å². The topological polar surface area (TPSA) is 74.7 Å². The second-order valence-electron chi connectivity index (χ2n) is 5.07. The minimum atomic E-state index is -5.05. The number of piperidine rings is 1. The van der Waals surface area contributed by atoms with Gasteiger partial charge in [0.2, 0.25) is 0 Å². The number of likely N-dealkylation sites (tertiary alicyclic amines) is 1. The fraction of sp³-hybridized carbons (Fsp3) is 0.800. The number of hydrogen-bond acceptors (Lipinski definition) is 3. The zero-order valence-electron chi connectivity index (χ0n) is 10.5. The average Bonchev–Trinajstić information content (AvgIpc) is 2.24. The number of hydrogen-bond donors (Lipinski definition) is 1. The monoisotopic (exact) mass is 301 g/mol. The van der Waals surface area contributed by atoms with Crippen LogP contribution in [0.3, 0.4) is 0 Å². The van der Waals surface area contributed by atoms with Crippen LogP contribution in [0, 0.1) is 5.92 Å². The van der Waals surface area contributed by atoms with Crippen LogP contribution in [-0.2, 0) is 14.2 Å². The van der Waals surface area contributed by atoms with Gasteiger partial charge in [0.05, 0.1) is 13.1 Å². The van der Waals surface area contributed by atoms with Gasteiger partial charge < -0.3 is 14.6 Å². The van der Waals surface area contributed by atoms with Crippen LogP contribution in [0.1, 0.15) is 6.42 Å². The fourth-order valence-corrected chi connectivity index (χ4v) is 3.40. The predicted octanol–water partition coefficient (Wildman–Crippen LogP) is 1.47. The second kappa shape index (κ2) is 5.15. The van der Waals surface area contributed by atoms with Crippen molar-refractivity contribution in [3.8, 4) is 0 Å². The third-order valence-electron chi connectivity index (χ3n) is 3.19. The van der Waals surface area contributed by atoms with E-state index in [0.29, 0.717) is 4.90 Å². The molecule has 0 aromatic carbocycles. The van der Waals surface area contributed by atoms with E-state index in [1.165, 1.54) is 13.3 Å². The van der Waals surface area contributed by atoms with E-state index in [0.717, 1.165) is 0 Å². The van der Waals surface area contributed by atoms with E-state index in [4.69, 9.17) is 5.11 Å². The number of carboxylic acids is 1. The molecule has 1 aliphatic heterocycles. The number of rotatable bonds is 2. The molecular formula is C10H15F3NO4P. The molecule has 110 valence electrons. The number of carboxylic acid groups (broad SMARTS) is 1. The molecule has 2 atom stereocenters. The van der Waals surface area contributed by atoms with Crippen molar-refractivity contribution in [2.45, 2.75) is 18.3 Å². The van der Waals surface area contributed by atoms with Gasteiger partial charge in [-0.15, -0.1) is 0 Å². The predicted molar refractivity (Wildman–Crippen MR) is 61.6 cm³/mol. The summed E-state index contributed by atoms with van der Waals surface area (Å²) in [5.41, 5.74) is -0.714. The first-order chi connectivity index (χ1) is 8.43. The van der Waals surface area contributed by atoms with E-state index in [1.807, 2.05) is 0 Å². The summed E-state index contributed by atoms with van der Waals surface area (Å²) >= 11 is 0. The van der Waals surface area contributed by atoms with Crippen molar-refractivity contribution >= 4 is 19.0 Å². The first kappa shape index (κ1) is 16.0. The molecule has 2 unspecified atom stereocenters. The second-order valence-corrected chi connectivity index (χ2v) is 8.67. The van der Waals surface area contributed by atoms with Crippen LogP contribution in [0.4, 0.5) is 13.2 Å². The molecule has 0 bridgehead atoms. The fourth-order valence-electron chi connectivity index (χ4n) is 2.05. The highest BCUT2D eigenvalue weighted by Gasteiger charge is 2.47. The van der Waals surface area contributed by atoms with Crippen molar-refractivity contribution in [2.75, 3.05) is 26.4 Å². The lowest BCUT2D eigenvalue weighted by atomic mass is 9.98. The molecule has 5 nitrogen and oxygen atoms in total. The number of halogens is 3. The van der Waals surface area contributed by atoms with Gasteiger partial charge >= 0.3 is 18.1 Å². The maximum Gasteiger partial charge on any atom is 0.471 e. The Labute approximate surface area is 108 Å². The van der Waals surface area contributed by atoms with Gasteiger partial charge in [-0.25, -0.2) is 0 Å². The summed E-state index contributed by atoms with van der Waals surface area (Å²) in [4.78, 5) is 22.6. The van der Waals surface area contributed by atoms with Crippen LogP contribution in [0.15, 0.2) is 0 Å². The molecule has 0 aromatic heterocycles. The van der Waals surface area contributed by atoms with Gasteiger partial charge in [-0.1, -0.05) is 0 Å². The molecule has 1 heterocycles. The zero-order valence-corrected chi connectivity index (χ0v) is 11.4. The summed E-state index contributed by atoms with van der Waals surface area (Å²) in [5.74, 6) is -4.46. The van der Waals surface area contributed by atoms with Crippen LogP contribution in [0.5, 0.6) is 0 Å². The third kappa shape index (κ3) is 3.96. The van der Waals surface area contributed by atoms with Crippen molar-refractivity contribution in [1.29, 1.82) is 0 Å². The van der Waals surface area contributed by atoms with Gasteiger partial charge in [0, 0.05) is 18.7 Å². The third-order valence-corrected chi connectivity index (χ3v) is 5.32. The molecule has 1 fully saturated rings. The highest BCUT2D eigenvalue weighted by atomic mass is 31.2. The largest absolute Gasteiger partial charge is 0.481 e. The van der Waals surface area contributed by atoms with Crippen molar-refractivity contribution in [2.24, 2.45) is 5.92 Å². The Balaban J connectivity index is 2.97. The number of amides is 1. The maximum absolute atomic E-state index is 12.4. The van der Waals surface area contributed by atoms with Crippen LogP contribution >= 0.6 is 7.14 Å². The molecule has 0 radical (unpaired) electrons. The Kier molecular flexibility index (Phi) is 4.34. The zero-order chi connectivity index (χ0) is 15.0. The molecule has 1 amide bonds. The Morgan fingerprint density at radius 1 is 1.26 bits per heavy atom. The number of aliphatic carboxylic acids is 1. The average molecular weight is 301 g/mol. The van der Waals surface area contributed by atoms with Crippen LogP contribution < -0.4 is 0 Å². The molecule has 1 saturated heterocycles. The van der Waals surface area contributed by atoms with Gasteiger partial charge in [-0.3, -0.25) is 9.59 Å². The molecule has 9 heteroatoms. The SMILES string of the molecule is CP(C)(=O)C1CC(C(=O)O)CN(C(=O)C(F)(F)F)C1. The normalized spacial score (nSPS) is 25.2. The summed E-state index contributed by atoms with van der Waals surface area (Å²) in [6, 6.07) is 0. The molecular weight excluding hydrogens is 286 g/mol. The van der Waals surface area contributed by atoms with Crippen molar-refractivity contribution in [3.63, 3.8) is 0 Å². The van der Waals surface area contributed by atoms with Gasteiger partial charge in [-0.2, -0.15) is 13.2 Å². The highest BCUT2D eigenvalue weighted by molar-refractivity contribution is 7.63. The smallest absolute Gasteiger partial charge is 0.471 e. The number of nitrogens with zero attached hydrogens (tertiary/aromatic N) is 1. The van der Waals surface area contributed by atoms with Crippen molar-refractivity contribution in [1.82, 2.24) is 4.90 Å². The summed E-state index contributed by atoms with van der Waals surface area (Å²) in [7, 11) is -2.77. The molecule has 0 spiro atoms. The highest BCUT2D eigenvalue weighted by Crippen LogP contribution is 2.47. The number of alkyl halides is 3. The molecule has 0 aromatic rings. The summed E-state index contributed by atoms with van der Waals surface area (Å²) in [5, 5.41) is 8.92. The lowest BCUT2D eigenvalue weighted by Gasteiger charge is -2.37. The van der Waals surface area contributed by atoms with Crippen LogP contribution in [0.2, 0.25) is 0 Å². The van der Waals surface area contributed by atoms with E-state index in [-0.39, 0.29) is 13.0 Å². The maximum atomic E-state index is 12.4. The van der Waals surface area contributed by atoms with E-state index in [2.05, 4.69) is 0 Å². The van der Waals surface area contributed by atoms with E-state index in [1.54, 1.807) is 0 Å².